The number of benzene rings is 1. The number of carbonyl (C=O) groups is 2. The summed E-state index contributed by atoms with van der Waals surface area (Å²) in [4.78, 5) is 25.5. The van der Waals surface area contributed by atoms with Gasteiger partial charge in [0.15, 0.2) is 0 Å². The van der Waals surface area contributed by atoms with Gasteiger partial charge in [-0.1, -0.05) is 12.1 Å². The molecule has 0 aliphatic carbocycles. The molecule has 0 unspecified atom stereocenters. The molecule has 1 heterocycles. The molecule has 2 rings (SSSR count). The van der Waals surface area contributed by atoms with E-state index in [0.717, 1.165) is 13.1 Å². The van der Waals surface area contributed by atoms with Crippen molar-refractivity contribution < 1.29 is 14.3 Å². The predicted octanol–water partition coefficient (Wildman–Crippen LogP) is 0.833. The lowest BCUT2D eigenvalue weighted by Gasteiger charge is -2.34. The number of nitrogens with zero attached hydrogens (tertiary/aromatic N) is 1. The molecule has 1 aromatic carbocycles. The molecule has 0 radical (unpaired) electrons. The second-order valence-corrected chi connectivity index (χ2v) is 5.41. The van der Waals surface area contributed by atoms with Crippen molar-refractivity contribution in [2.75, 3.05) is 25.0 Å². The van der Waals surface area contributed by atoms with Crippen molar-refractivity contribution in [3.05, 3.63) is 29.8 Å². The van der Waals surface area contributed by atoms with Crippen molar-refractivity contribution in [1.82, 2.24) is 4.90 Å². The van der Waals surface area contributed by atoms with Gasteiger partial charge in [0, 0.05) is 13.1 Å². The number of carbonyl (C=O) groups excluding carboxylic acids is 2. The van der Waals surface area contributed by atoms with Crippen LogP contribution in [0.1, 0.15) is 24.2 Å². The minimum atomic E-state index is -0.556. The quantitative estimate of drug-likeness (QED) is 0.860. The van der Waals surface area contributed by atoms with Gasteiger partial charge in [-0.2, -0.15) is 0 Å². The van der Waals surface area contributed by atoms with Gasteiger partial charge in [0.25, 0.3) is 5.91 Å². The minimum absolute atomic E-state index is 0.111. The highest BCUT2D eigenvalue weighted by atomic mass is 16.5. The lowest BCUT2D eigenvalue weighted by atomic mass is 10.1. The van der Waals surface area contributed by atoms with Gasteiger partial charge in [-0.05, 0) is 26.0 Å². The number of ether oxygens (including phenoxy) is 1. The Hall–Kier alpha value is -1.92. The Labute approximate surface area is 124 Å². The second-order valence-electron chi connectivity index (χ2n) is 5.41. The van der Waals surface area contributed by atoms with Gasteiger partial charge < -0.3 is 15.8 Å². The standard InChI is InChI=1S/C15H21N3O3/c1-10-7-18(8-11(2)21-10)9-14(19)17-13-6-4-3-5-12(13)15(16)20/h3-6,10-11H,7-9H2,1-2H3,(H2,16,20)(H,17,19)/t10-,11-/m0/s1. The van der Waals surface area contributed by atoms with Crippen LogP contribution in [-0.4, -0.2) is 48.6 Å². The summed E-state index contributed by atoms with van der Waals surface area (Å²) in [5.74, 6) is -0.718. The predicted molar refractivity (Wildman–Crippen MR) is 80.0 cm³/mol. The Balaban J connectivity index is 1.97. The van der Waals surface area contributed by atoms with Crippen molar-refractivity contribution in [2.45, 2.75) is 26.1 Å². The summed E-state index contributed by atoms with van der Waals surface area (Å²) in [6, 6.07) is 6.72. The number of para-hydroxylation sites is 1. The zero-order valence-corrected chi connectivity index (χ0v) is 12.3. The Bertz CT molecular complexity index is 523. The molecule has 0 spiro atoms. The normalized spacial score (nSPS) is 22.8. The molecular formula is C15H21N3O3. The van der Waals surface area contributed by atoms with Crippen molar-refractivity contribution in [3.63, 3.8) is 0 Å². The number of hydrogen-bond acceptors (Lipinski definition) is 4. The van der Waals surface area contributed by atoms with Crippen LogP contribution in [0.3, 0.4) is 0 Å². The van der Waals surface area contributed by atoms with Crippen molar-refractivity contribution in [3.8, 4) is 0 Å². The van der Waals surface area contributed by atoms with E-state index < -0.39 is 5.91 Å². The Kier molecular flexibility index (Phi) is 4.93. The van der Waals surface area contributed by atoms with Crippen LogP contribution in [-0.2, 0) is 9.53 Å². The molecule has 2 atom stereocenters. The monoisotopic (exact) mass is 291 g/mol. The number of hydrogen-bond donors (Lipinski definition) is 2. The van der Waals surface area contributed by atoms with Gasteiger partial charge in [0.1, 0.15) is 0 Å². The number of nitrogens with one attached hydrogen (secondary N) is 1. The van der Waals surface area contributed by atoms with Crippen molar-refractivity contribution >= 4 is 17.5 Å². The van der Waals surface area contributed by atoms with Crippen molar-refractivity contribution in [2.24, 2.45) is 5.73 Å². The highest BCUT2D eigenvalue weighted by Gasteiger charge is 2.24. The first-order valence-corrected chi connectivity index (χ1v) is 7.02. The molecule has 21 heavy (non-hydrogen) atoms. The van der Waals surface area contributed by atoms with Crippen LogP contribution in [0.4, 0.5) is 5.69 Å². The third-order valence-corrected chi connectivity index (χ3v) is 3.33. The van der Waals surface area contributed by atoms with Gasteiger partial charge in [-0.15, -0.1) is 0 Å². The molecule has 3 N–H and O–H groups in total. The number of anilines is 1. The number of amides is 2. The Morgan fingerprint density at radius 2 is 1.90 bits per heavy atom. The van der Waals surface area contributed by atoms with Gasteiger partial charge in [-0.25, -0.2) is 0 Å². The van der Waals surface area contributed by atoms with E-state index in [1.807, 2.05) is 18.7 Å². The second kappa shape index (κ2) is 6.69. The fourth-order valence-corrected chi connectivity index (χ4v) is 2.61. The summed E-state index contributed by atoms with van der Waals surface area (Å²) in [5, 5.41) is 2.75. The van der Waals surface area contributed by atoms with E-state index in [4.69, 9.17) is 10.5 Å². The van der Waals surface area contributed by atoms with Gasteiger partial charge in [0.2, 0.25) is 5.91 Å². The first-order valence-electron chi connectivity index (χ1n) is 7.02. The highest BCUT2D eigenvalue weighted by Crippen LogP contribution is 2.15. The van der Waals surface area contributed by atoms with Gasteiger partial charge >= 0.3 is 0 Å². The maximum atomic E-state index is 12.1. The van der Waals surface area contributed by atoms with E-state index in [-0.39, 0.29) is 24.7 Å². The van der Waals surface area contributed by atoms with E-state index in [2.05, 4.69) is 5.32 Å². The summed E-state index contributed by atoms with van der Waals surface area (Å²) in [7, 11) is 0. The summed E-state index contributed by atoms with van der Waals surface area (Å²) < 4.78 is 5.63. The fourth-order valence-electron chi connectivity index (χ4n) is 2.61. The van der Waals surface area contributed by atoms with Gasteiger partial charge in [0.05, 0.1) is 30.0 Å². The lowest BCUT2D eigenvalue weighted by molar-refractivity contribution is -0.121. The molecule has 6 nitrogen and oxygen atoms in total. The van der Waals surface area contributed by atoms with E-state index in [1.54, 1.807) is 24.3 Å². The lowest BCUT2D eigenvalue weighted by Crippen LogP contribution is -2.48. The molecule has 0 saturated carbocycles. The van der Waals surface area contributed by atoms with Crippen LogP contribution < -0.4 is 11.1 Å². The summed E-state index contributed by atoms with van der Waals surface area (Å²) in [6.45, 7) is 5.68. The highest BCUT2D eigenvalue weighted by molar-refractivity contribution is 6.03. The first kappa shape index (κ1) is 15.5. The molecule has 6 heteroatoms. The number of rotatable bonds is 4. The fraction of sp³-hybridized carbons (Fsp3) is 0.467. The van der Waals surface area contributed by atoms with Gasteiger partial charge in [-0.3, -0.25) is 14.5 Å². The van der Waals surface area contributed by atoms with E-state index >= 15 is 0 Å². The zero-order chi connectivity index (χ0) is 15.4. The van der Waals surface area contributed by atoms with Crippen LogP contribution >= 0.6 is 0 Å². The number of nitrogens with two attached hydrogens (primary N) is 1. The van der Waals surface area contributed by atoms with Crippen LogP contribution in [0.25, 0.3) is 0 Å². The largest absolute Gasteiger partial charge is 0.373 e. The first-order chi connectivity index (χ1) is 9.95. The molecule has 1 saturated heterocycles. The SMILES string of the molecule is C[C@H]1CN(CC(=O)Nc2ccccc2C(N)=O)C[C@H](C)O1. The zero-order valence-electron chi connectivity index (χ0n) is 12.3. The summed E-state index contributed by atoms with van der Waals surface area (Å²) >= 11 is 0. The van der Waals surface area contributed by atoms with E-state index in [9.17, 15) is 9.59 Å². The van der Waals surface area contributed by atoms with E-state index in [1.165, 1.54) is 0 Å². The average molecular weight is 291 g/mol. The van der Waals surface area contributed by atoms with Crippen LogP contribution in [0.2, 0.25) is 0 Å². The summed E-state index contributed by atoms with van der Waals surface area (Å²) in [5.41, 5.74) is 6.06. The number of morpholine rings is 1. The van der Waals surface area contributed by atoms with Crippen LogP contribution in [0.15, 0.2) is 24.3 Å². The summed E-state index contributed by atoms with van der Waals surface area (Å²) in [6.07, 6.45) is 0.221. The molecule has 1 fully saturated rings. The smallest absolute Gasteiger partial charge is 0.250 e. The molecule has 114 valence electrons. The molecule has 1 aliphatic rings. The third-order valence-electron chi connectivity index (χ3n) is 3.33. The topological polar surface area (TPSA) is 84.7 Å². The molecule has 2 amide bonds. The van der Waals surface area contributed by atoms with Crippen LogP contribution in [0, 0.1) is 0 Å². The maximum Gasteiger partial charge on any atom is 0.250 e. The third kappa shape index (κ3) is 4.27. The minimum Gasteiger partial charge on any atom is -0.373 e. The maximum absolute atomic E-state index is 12.1. The van der Waals surface area contributed by atoms with Crippen molar-refractivity contribution in [1.29, 1.82) is 0 Å². The molecule has 0 bridgehead atoms. The molecule has 1 aromatic rings. The van der Waals surface area contributed by atoms with Crippen LogP contribution in [0.5, 0.6) is 0 Å². The average Bonchev–Trinajstić information content (AvgIpc) is 2.37. The molecule has 1 aliphatic heterocycles. The number of primary amides is 1. The Morgan fingerprint density at radius 3 is 2.52 bits per heavy atom. The molecular weight excluding hydrogens is 270 g/mol. The Morgan fingerprint density at radius 1 is 1.29 bits per heavy atom. The molecule has 0 aromatic heterocycles. The van der Waals surface area contributed by atoms with E-state index in [0.29, 0.717) is 11.3 Å².